The molecule has 0 atom stereocenters. The van der Waals surface area contributed by atoms with E-state index in [2.05, 4.69) is 26.2 Å². The van der Waals surface area contributed by atoms with E-state index in [4.69, 9.17) is 5.11 Å². The number of rotatable bonds is 2. The molecule has 1 aromatic heterocycles. The van der Waals surface area contributed by atoms with Gasteiger partial charge < -0.3 is 5.11 Å². The van der Waals surface area contributed by atoms with Crippen LogP contribution in [0.15, 0.2) is 28.9 Å². The second kappa shape index (κ2) is 4.01. The second-order valence-corrected chi connectivity index (χ2v) is 3.76. The number of aromatic nitrogens is 3. The molecule has 1 aromatic carbocycles. The molecule has 1 N–H and O–H groups in total. The van der Waals surface area contributed by atoms with Crippen molar-refractivity contribution < 1.29 is 14.3 Å². The summed E-state index contributed by atoms with van der Waals surface area (Å²) in [7, 11) is 0. The van der Waals surface area contributed by atoms with Crippen molar-refractivity contribution in [2.24, 2.45) is 0 Å². The minimum Gasteiger partial charge on any atom is -0.476 e. The molecule has 82 valence electrons. The quantitative estimate of drug-likeness (QED) is 0.915. The molecule has 0 amide bonds. The van der Waals surface area contributed by atoms with Crippen molar-refractivity contribution in [3.8, 4) is 5.69 Å². The van der Waals surface area contributed by atoms with E-state index in [1.54, 1.807) is 6.07 Å². The number of halogens is 2. The Labute approximate surface area is 97.6 Å². The molecule has 0 aliphatic heterocycles. The summed E-state index contributed by atoms with van der Waals surface area (Å²) >= 11 is 3.13. The van der Waals surface area contributed by atoms with Crippen molar-refractivity contribution in [1.29, 1.82) is 0 Å². The van der Waals surface area contributed by atoms with Gasteiger partial charge in [-0.05, 0) is 28.1 Å². The molecule has 0 radical (unpaired) electrons. The Morgan fingerprint density at radius 3 is 2.88 bits per heavy atom. The standard InChI is InChI=1S/C9H5BrFN3O2/c10-5-2-1-3-6(11)8(5)14-7(9(15)16)4-12-13-14/h1-4H,(H,15,16). The second-order valence-electron chi connectivity index (χ2n) is 2.91. The summed E-state index contributed by atoms with van der Waals surface area (Å²) in [6, 6.07) is 4.30. The van der Waals surface area contributed by atoms with Crippen LogP contribution in [-0.4, -0.2) is 26.1 Å². The number of para-hydroxylation sites is 1. The van der Waals surface area contributed by atoms with Crippen molar-refractivity contribution in [2.75, 3.05) is 0 Å². The number of hydrogen-bond donors (Lipinski definition) is 1. The fourth-order valence-electron chi connectivity index (χ4n) is 1.24. The number of hydrogen-bond acceptors (Lipinski definition) is 3. The summed E-state index contributed by atoms with van der Waals surface area (Å²) in [6.07, 6.45) is 1.06. The minimum atomic E-state index is -1.22. The van der Waals surface area contributed by atoms with Crippen molar-refractivity contribution >= 4 is 21.9 Å². The van der Waals surface area contributed by atoms with Crippen molar-refractivity contribution in [2.45, 2.75) is 0 Å². The molecule has 0 saturated heterocycles. The number of aromatic carboxylic acids is 1. The van der Waals surface area contributed by atoms with Crippen LogP contribution in [-0.2, 0) is 0 Å². The first-order valence-electron chi connectivity index (χ1n) is 4.19. The van der Waals surface area contributed by atoms with Crippen LogP contribution in [0.25, 0.3) is 5.69 Å². The van der Waals surface area contributed by atoms with E-state index in [1.807, 2.05) is 0 Å². The van der Waals surface area contributed by atoms with Crippen LogP contribution >= 0.6 is 15.9 Å². The molecule has 2 aromatic rings. The highest BCUT2D eigenvalue weighted by Gasteiger charge is 2.17. The number of carbonyl (C=O) groups is 1. The summed E-state index contributed by atoms with van der Waals surface area (Å²) in [5.41, 5.74) is -0.178. The minimum absolute atomic E-state index is 0.0254. The molecule has 2 rings (SSSR count). The maximum Gasteiger partial charge on any atom is 0.356 e. The Morgan fingerprint density at radius 1 is 1.50 bits per heavy atom. The molecule has 0 aliphatic carbocycles. The van der Waals surface area contributed by atoms with Crippen molar-refractivity contribution in [1.82, 2.24) is 15.0 Å². The van der Waals surface area contributed by atoms with Crippen LogP contribution < -0.4 is 0 Å². The fraction of sp³-hybridized carbons (Fsp3) is 0. The zero-order valence-corrected chi connectivity index (χ0v) is 9.35. The molecule has 0 saturated carbocycles. The highest BCUT2D eigenvalue weighted by Crippen LogP contribution is 2.24. The lowest BCUT2D eigenvalue weighted by Crippen LogP contribution is -2.10. The van der Waals surface area contributed by atoms with Gasteiger partial charge in [-0.2, -0.15) is 0 Å². The van der Waals surface area contributed by atoms with E-state index in [0.717, 1.165) is 10.9 Å². The van der Waals surface area contributed by atoms with Gasteiger partial charge in [0.25, 0.3) is 0 Å². The average Bonchev–Trinajstić information content (AvgIpc) is 2.66. The van der Waals surface area contributed by atoms with Gasteiger partial charge >= 0.3 is 5.97 Å². The smallest absolute Gasteiger partial charge is 0.356 e. The van der Waals surface area contributed by atoms with Gasteiger partial charge in [-0.25, -0.2) is 13.9 Å². The van der Waals surface area contributed by atoms with Crippen molar-refractivity contribution in [3.63, 3.8) is 0 Å². The monoisotopic (exact) mass is 285 g/mol. The van der Waals surface area contributed by atoms with Gasteiger partial charge in [-0.15, -0.1) is 5.10 Å². The Kier molecular flexibility index (Phi) is 2.69. The maximum atomic E-state index is 13.5. The van der Waals surface area contributed by atoms with Crippen LogP contribution in [0.4, 0.5) is 4.39 Å². The van der Waals surface area contributed by atoms with E-state index < -0.39 is 11.8 Å². The summed E-state index contributed by atoms with van der Waals surface area (Å²) in [6.45, 7) is 0. The van der Waals surface area contributed by atoms with E-state index >= 15 is 0 Å². The highest BCUT2D eigenvalue weighted by atomic mass is 79.9. The Morgan fingerprint density at radius 2 is 2.25 bits per heavy atom. The number of benzene rings is 1. The first-order valence-corrected chi connectivity index (χ1v) is 4.99. The van der Waals surface area contributed by atoms with Gasteiger partial charge in [0.15, 0.2) is 5.69 Å². The molecular formula is C9H5BrFN3O2. The first kappa shape index (κ1) is 10.7. The molecule has 0 fully saturated rings. The Balaban J connectivity index is 2.68. The lowest BCUT2D eigenvalue weighted by atomic mass is 10.3. The van der Waals surface area contributed by atoms with E-state index in [0.29, 0.717) is 4.47 Å². The first-order chi connectivity index (χ1) is 7.61. The summed E-state index contributed by atoms with van der Waals surface area (Å²) in [4.78, 5) is 10.8. The zero-order valence-electron chi connectivity index (χ0n) is 7.76. The third-order valence-electron chi connectivity index (χ3n) is 1.92. The Bertz CT molecular complexity index is 535. The summed E-state index contributed by atoms with van der Waals surface area (Å²) < 4.78 is 14.9. The number of carboxylic acid groups (broad SMARTS) is 1. The van der Waals surface area contributed by atoms with Crippen molar-refractivity contribution in [3.05, 3.63) is 40.4 Å². The molecule has 1 heterocycles. The molecule has 7 heteroatoms. The molecule has 0 unspecified atom stereocenters. The predicted octanol–water partition coefficient (Wildman–Crippen LogP) is 1.87. The summed E-state index contributed by atoms with van der Waals surface area (Å²) in [5.74, 6) is -1.80. The fourth-order valence-corrected chi connectivity index (χ4v) is 1.75. The van der Waals surface area contributed by atoms with Crippen LogP contribution in [0.1, 0.15) is 10.5 Å². The van der Waals surface area contributed by atoms with Gasteiger partial charge in [-0.3, -0.25) is 0 Å². The molecule has 0 bridgehead atoms. The van der Waals surface area contributed by atoms with Crippen LogP contribution in [0.3, 0.4) is 0 Å². The van der Waals surface area contributed by atoms with Gasteiger partial charge in [0, 0.05) is 4.47 Å². The van der Waals surface area contributed by atoms with Gasteiger partial charge in [0.1, 0.15) is 11.5 Å². The van der Waals surface area contributed by atoms with E-state index in [-0.39, 0.29) is 11.4 Å². The summed E-state index contributed by atoms with van der Waals surface area (Å²) in [5, 5.41) is 15.9. The van der Waals surface area contributed by atoms with Gasteiger partial charge in [-0.1, -0.05) is 11.3 Å². The molecule has 5 nitrogen and oxygen atoms in total. The molecular weight excluding hydrogens is 281 g/mol. The molecule has 16 heavy (non-hydrogen) atoms. The Hall–Kier alpha value is -1.76. The average molecular weight is 286 g/mol. The van der Waals surface area contributed by atoms with Crippen LogP contribution in [0.5, 0.6) is 0 Å². The van der Waals surface area contributed by atoms with E-state index in [1.165, 1.54) is 12.1 Å². The lowest BCUT2D eigenvalue weighted by Gasteiger charge is -2.06. The van der Waals surface area contributed by atoms with Crippen LogP contribution in [0, 0.1) is 5.82 Å². The predicted molar refractivity (Wildman–Crippen MR) is 56.0 cm³/mol. The van der Waals surface area contributed by atoms with Crippen LogP contribution in [0.2, 0.25) is 0 Å². The lowest BCUT2D eigenvalue weighted by molar-refractivity contribution is 0.0687. The number of carboxylic acids is 1. The molecule has 0 aliphatic rings. The maximum absolute atomic E-state index is 13.5. The number of nitrogens with zero attached hydrogens (tertiary/aromatic N) is 3. The van der Waals surface area contributed by atoms with E-state index in [9.17, 15) is 9.18 Å². The largest absolute Gasteiger partial charge is 0.476 e. The third kappa shape index (κ3) is 1.69. The zero-order chi connectivity index (χ0) is 11.7. The topological polar surface area (TPSA) is 68.0 Å². The third-order valence-corrected chi connectivity index (χ3v) is 2.56. The van der Waals surface area contributed by atoms with Gasteiger partial charge in [0.05, 0.1) is 6.20 Å². The normalized spacial score (nSPS) is 10.4. The highest BCUT2D eigenvalue weighted by molar-refractivity contribution is 9.10. The SMILES string of the molecule is O=C(O)c1cnnn1-c1c(F)cccc1Br. The molecule has 0 spiro atoms. The van der Waals surface area contributed by atoms with Gasteiger partial charge in [0.2, 0.25) is 0 Å².